The first kappa shape index (κ1) is 17.7. The zero-order valence-electron chi connectivity index (χ0n) is 15.0. The van der Waals surface area contributed by atoms with Crippen molar-refractivity contribution in [2.24, 2.45) is 7.05 Å². The summed E-state index contributed by atoms with van der Waals surface area (Å²) in [7, 11) is 1.74. The van der Waals surface area contributed by atoms with Crippen molar-refractivity contribution >= 4 is 17.2 Å². The van der Waals surface area contributed by atoms with E-state index in [0.717, 1.165) is 34.1 Å². The van der Waals surface area contributed by atoms with Crippen molar-refractivity contribution in [2.75, 3.05) is 13.1 Å². The second kappa shape index (κ2) is 7.00. The third-order valence-corrected chi connectivity index (χ3v) is 5.67. The molecule has 0 atom stereocenters. The van der Waals surface area contributed by atoms with Gasteiger partial charge in [-0.1, -0.05) is 0 Å². The lowest BCUT2D eigenvalue weighted by Crippen LogP contribution is -2.41. The van der Waals surface area contributed by atoms with E-state index < -0.39 is 0 Å². The number of ether oxygens (including phenoxy) is 1. The van der Waals surface area contributed by atoms with Crippen LogP contribution < -0.4 is 10.3 Å². The number of aryl methyl sites for hydroxylation is 3. The van der Waals surface area contributed by atoms with Gasteiger partial charge in [0.25, 0.3) is 11.5 Å². The molecular weight excluding hydrogens is 338 g/mol. The zero-order chi connectivity index (χ0) is 18.1. The van der Waals surface area contributed by atoms with Crippen LogP contribution >= 0.6 is 11.3 Å². The summed E-state index contributed by atoms with van der Waals surface area (Å²) in [5, 5.41) is 0.917. The molecule has 0 N–H and O–H groups in total. The Bertz CT molecular complexity index is 848. The minimum Gasteiger partial charge on any atom is -0.490 e. The normalized spacial score (nSPS) is 15.4. The highest BCUT2D eigenvalue weighted by Gasteiger charge is 2.27. The number of piperidine rings is 1. The molecule has 1 aliphatic rings. The number of thiazole rings is 1. The molecule has 2 aromatic heterocycles. The fourth-order valence-electron chi connectivity index (χ4n) is 3.05. The molecule has 3 heterocycles. The first-order chi connectivity index (χ1) is 11.8. The summed E-state index contributed by atoms with van der Waals surface area (Å²) in [6, 6.07) is 3.40. The van der Waals surface area contributed by atoms with E-state index in [2.05, 4.69) is 4.98 Å². The van der Waals surface area contributed by atoms with E-state index in [-0.39, 0.29) is 17.6 Å². The predicted molar refractivity (Wildman–Crippen MR) is 97.6 cm³/mol. The first-order valence-electron chi connectivity index (χ1n) is 8.43. The molecule has 0 spiro atoms. The number of hydrogen-bond acceptors (Lipinski definition) is 5. The summed E-state index contributed by atoms with van der Waals surface area (Å²) < 4.78 is 7.56. The first-order valence-corrected chi connectivity index (χ1v) is 9.24. The number of carbonyl (C=O) groups is 1. The van der Waals surface area contributed by atoms with Gasteiger partial charge in [-0.15, -0.1) is 11.3 Å². The lowest BCUT2D eigenvalue weighted by Gasteiger charge is -2.32. The van der Waals surface area contributed by atoms with E-state index in [1.807, 2.05) is 31.7 Å². The van der Waals surface area contributed by atoms with E-state index in [4.69, 9.17) is 4.74 Å². The highest BCUT2D eigenvalue weighted by molar-refractivity contribution is 7.13. The van der Waals surface area contributed by atoms with Crippen molar-refractivity contribution in [1.29, 1.82) is 0 Å². The van der Waals surface area contributed by atoms with Crippen LogP contribution in [0.15, 0.2) is 16.9 Å². The van der Waals surface area contributed by atoms with Gasteiger partial charge in [0.15, 0.2) is 0 Å². The standard InChI is InChI=1S/C18H23N3O3S/c1-11-9-15(10-16(22)20(11)4)24-14-5-7-21(8-6-14)18(23)17-12(2)19-13(3)25-17/h9-10,14H,5-8H2,1-4H3. The predicted octanol–water partition coefficient (Wildman–Crippen LogP) is 2.45. The second-order valence-electron chi connectivity index (χ2n) is 6.49. The number of nitrogens with zero attached hydrogens (tertiary/aromatic N) is 3. The van der Waals surface area contributed by atoms with Gasteiger partial charge in [-0.05, 0) is 26.8 Å². The number of likely N-dealkylation sites (tertiary alicyclic amines) is 1. The van der Waals surface area contributed by atoms with Crippen LogP contribution in [0, 0.1) is 20.8 Å². The number of carbonyl (C=O) groups excluding carboxylic acids is 1. The topological polar surface area (TPSA) is 64.4 Å². The molecule has 6 nitrogen and oxygen atoms in total. The minimum absolute atomic E-state index is 0.0276. The fourth-order valence-corrected chi connectivity index (χ4v) is 3.94. The molecular formula is C18H23N3O3S. The van der Waals surface area contributed by atoms with E-state index in [1.165, 1.54) is 17.4 Å². The van der Waals surface area contributed by atoms with E-state index in [0.29, 0.717) is 18.8 Å². The molecule has 134 valence electrons. The zero-order valence-corrected chi connectivity index (χ0v) is 15.9. The highest BCUT2D eigenvalue weighted by Crippen LogP contribution is 2.23. The van der Waals surface area contributed by atoms with E-state index >= 15 is 0 Å². The van der Waals surface area contributed by atoms with Gasteiger partial charge in [-0.2, -0.15) is 0 Å². The van der Waals surface area contributed by atoms with Gasteiger partial charge in [-0.25, -0.2) is 4.98 Å². The average Bonchev–Trinajstić information content (AvgIpc) is 2.91. The van der Waals surface area contributed by atoms with Crippen molar-refractivity contribution < 1.29 is 9.53 Å². The minimum atomic E-state index is -0.0707. The maximum absolute atomic E-state index is 12.6. The SMILES string of the molecule is Cc1nc(C)c(C(=O)N2CCC(Oc3cc(C)n(C)c(=O)c3)CC2)s1. The van der Waals surface area contributed by atoms with Crippen LogP contribution in [0.25, 0.3) is 0 Å². The number of pyridine rings is 1. The van der Waals surface area contributed by atoms with Crippen molar-refractivity contribution in [3.05, 3.63) is 43.8 Å². The van der Waals surface area contributed by atoms with Gasteiger partial charge in [-0.3, -0.25) is 9.59 Å². The molecule has 1 fully saturated rings. The Labute approximate surface area is 151 Å². The van der Waals surface area contributed by atoms with Crippen LogP contribution in [-0.2, 0) is 7.05 Å². The van der Waals surface area contributed by atoms with Crippen molar-refractivity contribution in [2.45, 2.75) is 39.7 Å². The average molecular weight is 361 g/mol. The van der Waals surface area contributed by atoms with E-state index in [1.54, 1.807) is 11.6 Å². The molecule has 25 heavy (non-hydrogen) atoms. The van der Waals surface area contributed by atoms with Crippen LogP contribution in [0.3, 0.4) is 0 Å². The highest BCUT2D eigenvalue weighted by atomic mass is 32.1. The fraction of sp³-hybridized carbons (Fsp3) is 0.500. The number of aromatic nitrogens is 2. The summed E-state index contributed by atoms with van der Waals surface area (Å²) in [6.45, 7) is 6.99. The van der Waals surface area contributed by atoms with Gasteiger partial charge in [0.2, 0.25) is 0 Å². The molecule has 1 saturated heterocycles. The maximum Gasteiger partial charge on any atom is 0.265 e. The van der Waals surface area contributed by atoms with Gasteiger partial charge < -0.3 is 14.2 Å². The van der Waals surface area contributed by atoms with Crippen LogP contribution in [-0.4, -0.2) is 39.6 Å². The number of amides is 1. The molecule has 3 rings (SSSR count). The molecule has 1 aliphatic heterocycles. The van der Waals surface area contributed by atoms with Crippen LogP contribution in [0.2, 0.25) is 0 Å². The van der Waals surface area contributed by atoms with Crippen LogP contribution in [0.4, 0.5) is 0 Å². The van der Waals surface area contributed by atoms with Gasteiger partial charge in [0, 0.05) is 44.7 Å². The third-order valence-electron chi connectivity index (χ3n) is 4.61. The molecule has 0 aromatic carbocycles. The third kappa shape index (κ3) is 3.76. The van der Waals surface area contributed by atoms with Crippen molar-refractivity contribution in [3.63, 3.8) is 0 Å². The van der Waals surface area contributed by atoms with Gasteiger partial charge in [0.1, 0.15) is 16.7 Å². The molecule has 0 unspecified atom stereocenters. The van der Waals surface area contributed by atoms with Crippen molar-refractivity contribution in [1.82, 2.24) is 14.5 Å². The number of hydrogen-bond donors (Lipinski definition) is 0. The quantitative estimate of drug-likeness (QED) is 0.842. The molecule has 0 saturated carbocycles. The molecule has 1 amide bonds. The summed E-state index contributed by atoms with van der Waals surface area (Å²) in [6.07, 6.45) is 1.55. The number of rotatable bonds is 3. The Morgan fingerprint density at radius 3 is 2.48 bits per heavy atom. The molecule has 0 aliphatic carbocycles. The van der Waals surface area contributed by atoms with Crippen LogP contribution in [0.5, 0.6) is 5.75 Å². The Morgan fingerprint density at radius 2 is 1.92 bits per heavy atom. The molecule has 7 heteroatoms. The Morgan fingerprint density at radius 1 is 1.24 bits per heavy atom. The molecule has 2 aromatic rings. The Kier molecular flexibility index (Phi) is 4.94. The van der Waals surface area contributed by atoms with Gasteiger partial charge in [0.05, 0.1) is 10.7 Å². The second-order valence-corrected chi connectivity index (χ2v) is 7.69. The lowest BCUT2D eigenvalue weighted by molar-refractivity contribution is 0.0598. The molecule has 0 bridgehead atoms. The smallest absolute Gasteiger partial charge is 0.265 e. The Balaban J connectivity index is 1.61. The summed E-state index contributed by atoms with van der Waals surface area (Å²) in [4.78, 5) is 31.4. The van der Waals surface area contributed by atoms with E-state index in [9.17, 15) is 9.59 Å². The Hall–Kier alpha value is -2.15. The summed E-state index contributed by atoms with van der Waals surface area (Å²) in [5.74, 6) is 0.672. The van der Waals surface area contributed by atoms with Crippen molar-refractivity contribution in [3.8, 4) is 5.75 Å². The summed E-state index contributed by atoms with van der Waals surface area (Å²) >= 11 is 1.45. The van der Waals surface area contributed by atoms with Gasteiger partial charge >= 0.3 is 0 Å². The molecule has 0 radical (unpaired) electrons. The monoisotopic (exact) mass is 361 g/mol. The lowest BCUT2D eigenvalue weighted by atomic mass is 10.1. The summed E-state index contributed by atoms with van der Waals surface area (Å²) in [5.41, 5.74) is 1.60. The largest absolute Gasteiger partial charge is 0.490 e. The maximum atomic E-state index is 12.6. The van der Waals surface area contributed by atoms with Crippen LogP contribution in [0.1, 0.15) is 38.9 Å².